The number of likely N-dealkylation sites (tertiary alicyclic amines) is 1. The third-order valence-corrected chi connectivity index (χ3v) is 9.53. The zero-order chi connectivity index (χ0) is 29.3. The van der Waals surface area contributed by atoms with Crippen LogP contribution in [0.15, 0.2) is 48.5 Å². The molecule has 4 rings (SSSR count). The standard InChI is InChI=1S/C29H36F6N2O2S/c1-20(2)17-27(11-8-26(18-27)37-12-9-23(10-13-37)22-6-4-3-5-7-22)36-40(38,39)19-21-14-24(28(30,31)32)16-25(15-21)29(33,34)35/h3-7,14-16,20,23,26,36H,8-13,17-19H2,1-2H3. The third-order valence-electron chi connectivity index (χ3n) is 8.07. The second-order valence-electron chi connectivity index (χ2n) is 11.8. The van der Waals surface area contributed by atoms with Crippen LogP contribution in [0.2, 0.25) is 0 Å². The molecule has 1 heterocycles. The Hall–Kier alpha value is -2.11. The van der Waals surface area contributed by atoms with E-state index in [1.807, 2.05) is 32.0 Å². The lowest BCUT2D eigenvalue weighted by Crippen LogP contribution is -2.49. The summed E-state index contributed by atoms with van der Waals surface area (Å²) < 4.78 is 109. The molecule has 1 N–H and O–H groups in total. The predicted octanol–water partition coefficient (Wildman–Crippen LogP) is 7.36. The van der Waals surface area contributed by atoms with Crippen LogP contribution >= 0.6 is 0 Å². The van der Waals surface area contributed by atoms with Crippen molar-refractivity contribution >= 4 is 10.0 Å². The predicted molar refractivity (Wildman–Crippen MR) is 142 cm³/mol. The molecule has 0 spiro atoms. The average Bonchev–Trinajstić information content (AvgIpc) is 3.25. The Morgan fingerprint density at radius 2 is 1.50 bits per heavy atom. The van der Waals surface area contributed by atoms with E-state index in [4.69, 9.17) is 0 Å². The summed E-state index contributed by atoms with van der Waals surface area (Å²) in [6.45, 7) is 5.71. The topological polar surface area (TPSA) is 49.4 Å². The van der Waals surface area contributed by atoms with E-state index < -0.39 is 50.4 Å². The molecule has 0 radical (unpaired) electrons. The van der Waals surface area contributed by atoms with Gasteiger partial charge in [-0.2, -0.15) is 26.3 Å². The van der Waals surface area contributed by atoms with Gasteiger partial charge in [-0.25, -0.2) is 13.1 Å². The van der Waals surface area contributed by atoms with Crippen LogP contribution < -0.4 is 4.72 Å². The molecule has 1 aliphatic heterocycles. The molecule has 2 aliphatic rings. The van der Waals surface area contributed by atoms with Crippen LogP contribution in [0, 0.1) is 5.92 Å². The van der Waals surface area contributed by atoms with Gasteiger partial charge in [-0.15, -0.1) is 0 Å². The van der Waals surface area contributed by atoms with Crippen molar-refractivity contribution in [3.05, 3.63) is 70.8 Å². The maximum atomic E-state index is 13.3. The van der Waals surface area contributed by atoms with Crippen LogP contribution in [0.5, 0.6) is 0 Å². The largest absolute Gasteiger partial charge is 0.416 e. The molecule has 1 saturated carbocycles. The lowest BCUT2D eigenvalue weighted by Gasteiger charge is -2.38. The van der Waals surface area contributed by atoms with Crippen molar-refractivity contribution in [3.8, 4) is 0 Å². The van der Waals surface area contributed by atoms with Crippen molar-refractivity contribution < 1.29 is 34.8 Å². The quantitative estimate of drug-likeness (QED) is 0.327. The summed E-state index contributed by atoms with van der Waals surface area (Å²) >= 11 is 0. The van der Waals surface area contributed by atoms with Gasteiger partial charge >= 0.3 is 12.4 Å². The molecular weight excluding hydrogens is 554 g/mol. The van der Waals surface area contributed by atoms with Crippen LogP contribution in [0.4, 0.5) is 26.3 Å². The van der Waals surface area contributed by atoms with E-state index >= 15 is 0 Å². The number of alkyl halides is 6. The maximum Gasteiger partial charge on any atom is 0.416 e. The van der Waals surface area contributed by atoms with Gasteiger partial charge < -0.3 is 4.90 Å². The Kier molecular flexibility index (Phi) is 8.98. The number of halogens is 6. The van der Waals surface area contributed by atoms with Crippen molar-refractivity contribution in [3.63, 3.8) is 0 Å². The summed E-state index contributed by atoms with van der Waals surface area (Å²) in [5, 5.41) is 0. The van der Waals surface area contributed by atoms with Crippen LogP contribution in [0.1, 0.15) is 80.5 Å². The first-order valence-electron chi connectivity index (χ1n) is 13.6. The second-order valence-corrected chi connectivity index (χ2v) is 13.5. The zero-order valence-electron chi connectivity index (χ0n) is 22.7. The fourth-order valence-electron chi connectivity index (χ4n) is 6.52. The minimum atomic E-state index is -5.04. The van der Waals surface area contributed by atoms with E-state index in [2.05, 4.69) is 21.8 Å². The molecule has 0 aromatic heterocycles. The highest BCUT2D eigenvalue weighted by Gasteiger charge is 2.45. The molecule has 1 aliphatic carbocycles. The number of benzene rings is 2. The monoisotopic (exact) mass is 590 g/mol. The Bertz CT molecular complexity index is 1220. The van der Waals surface area contributed by atoms with Crippen molar-refractivity contribution in [1.82, 2.24) is 9.62 Å². The Labute approximate surface area is 232 Å². The average molecular weight is 591 g/mol. The molecule has 4 nitrogen and oxygen atoms in total. The van der Waals surface area contributed by atoms with E-state index in [0.29, 0.717) is 37.3 Å². The second kappa shape index (κ2) is 11.6. The minimum Gasteiger partial charge on any atom is -0.300 e. The molecule has 222 valence electrons. The molecule has 0 bridgehead atoms. The Morgan fingerprint density at radius 1 is 0.925 bits per heavy atom. The molecule has 11 heteroatoms. The molecule has 1 saturated heterocycles. The van der Waals surface area contributed by atoms with Crippen molar-refractivity contribution in [2.75, 3.05) is 13.1 Å². The Balaban J connectivity index is 1.48. The lowest BCUT2D eigenvalue weighted by molar-refractivity contribution is -0.143. The molecule has 2 fully saturated rings. The lowest BCUT2D eigenvalue weighted by atomic mass is 9.87. The number of rotatable bonds is 8. The van der Waals surface area contributed by atoms with Crippen molar-refractivity contribution in [1.29, 1.82) is 0 Å². The fourth-order valence-corrected chi connectivity index (χ4v) is 8.13. The van der Waals surface area contributed by atoms with Gasteiger partial charge in [0, 0.05) is 11.6 Å². The van der Waals surface area contributed by atoms with Crippen LogP contribution in [0.25, 0.3) is 0 Å². The Morgan fingerprint density at radius 3 is 2.02 bits per heavy atom. The SMILES string of the molecule is CC(C)CC1(NS(=O)(=O)Cc2cc(C(F)(F)F)cc(C(F)(F)F)c2)CCC(N2CCC(c3ccccc3)CC2)C1. The molecule has 2 unspecified atom stereocenters. The van der Waals surface area contributed by atoms with Crippen LogP contribution in [-0.4, -0.2) is 38.0 Å². The summed E-state index contributed by atoms with van der Waals surface area (Å²) in [6.07, 6.45) is -5.67. The van der Waals surface area contributed by atoms with Gasteiger partial charge in [-0.3, -0.25) is 0 Å². The number of nitrogens with one attached hydrogen (secondary N) is 1. The maximum absolute atomic E-state index is 13.3. The first kappa shape index (κ1) is 30.8. The summed E-state index contributed by atoms with van der Waals surface area (Å²) in [4.78, 5) is 2.40. The zero-order valence-corrected chi connectivity index (χ0v) is 23.5. The normalized spacial score (nSPS) is 23.7. The molecule has 0 amide bonds. The van der Waals surface area contributed by atoms with E-state index in [9.17, 15) is 34.8 Å². The number of piperidine rings is 1. The molecular formula is C29H36F6N2O2S. The van der Waals surface area contributed by atoms with Gasteiger partial charge in [0.15, 0.2) is 0 Å². The van der Waals surface area contributed by atoms with Crippen molar-refractivity contribution in [2.45, 2.75) is 88.0 Å². The van der Waals surface area contributed by atoms with Gasteiger partial charge in [0.2, 0.25) is 10.0 Å². The van der Waals surface area contributed by atoms with E-state index in [1.54, 1.807) is 0 Å². The first-order valence-corrected chi connectivity index (χ1v) is 15.3. The number of hydrogen-bond donors (Lipinski definition) is 1. The fraction of sp³-hybridized carbons (Fsp3) is 0.586. The number of nitrogens with zero attached hydrogens (tertiary/aromatic N) is 1. The minimum absolute atomic E-state index is 0.00629. The summed E-state index contributed by atoms with van der Waals surface area (Å²) in [6, 6.07) is 11.5. The highest BCUT2D eigenvalue weighted by Crippen LogP contribution is 2.41. The molecule has 40 heavy (non-hydrogen) atoms. The van der Waals surface area contributed by atoms with Crippen LogP contribution in [0.3, 0.4) is 0 Å². The molecule has 2 aromatic carbocycles. The van der Waals surface area contributed by atoms with E-state index in [-0.39, 0.29) is 18.0 Å². The third kappa shape index (κ3) is 7.79. The molecule has 2 aromatic rings. The summed E-state index contributed by atoms with van der Waals surface area (Å²) in [5.74, 6) is -0.352. The summed E-state index contributed by atoms with van der Waals surface area (Å²) in [7, 11) is -4.25. The first-order chi connectivity index (χ1) is 18.6. The van der Waals surface area contributed by atoms with Crippen molar-refractivity contribution in [2.24, 2.45) is 5.92 Å². The van der Waals surface area contributed by atoms with Gasteiger partial charge in [0.1, 0.15) is 0 Å². The van der Waals surface area contributed by atoms with Gasteiger partial charge in [0.05, 0.1) is 16.9 Å². The smallest absolute Gasteiger partial charge is 0.300 e. The van der Waals surface area contributed by atoms with Gasteiger partial charge in [-0.05, 0) is 92.8 Å². The van der Waals surface area contributed by atoms with E-state index in [0.717, 1.165) is 32.4 Å². The van der Waals surface area contributed by atoms with E-state index in [1.165, 1.54) is 5.56 Å². The van der Waals surface area contributed by atoms with Gasteiger partial charge in [-0.1, -0.05) is 44.2 Å². The van der Waals surface area contributed by atoms with Crippen LogP contribution in [-0.2, 0) is 28.1 Å². The number of sulfonamides is 1. The molecule has 2 atom stereocenters. The summed E-state index contributed by atoms with van der Waals surface area (Å²) in [5.41, 5.74) is -3.08. The highest BCUT2D eigenvalue weighted by molar-refractivity contribution is 7.88. The highest BCUT2D eigenvalue weighted by atomic mass is 32.2. The number of hydrogen-bond acceptors (Lipinski definition) is 3. The van der Waals surface area contributed by atoms with Gasteiger partial charge in [0.25, 0.3) is 0 Å².